The molecule has 114 valence electrons. The first-order valence-electron chi connectivity index (χ1n) is 6.62. The lowest BCUT2D eigenvalue weighted by Gasteiger charge is -2.07. The van der Waals surface area contributed by atoms with Gasteiger partial charge in [0.1, 0.15) is 5.69 Å². The molecule has 22 heavy (non-hydrogen) atoms. The van der Waals surface area contributed by atoms with Gasteiger partial charge in [0.15, 0.2) is 0 Å². The van der Waals surface area contributed by atoms with E-state index >= 15 is 0 Å². The lowest BCUT2D eigenvalue weighted by Crippen LogP contribution is -2.42. The number of carbonyl (C=O) groups is 3. The van der Waals surface area contributed by atoms with E-state index < -0.39 is 17.8 Å². The van der Waals surface area contributed by atoms with Gasteiger partial charge in [-0.15, -0.1) is 0 Å². The molecule has 1 aromatic heterocycles. The van der Waals surface area contributed by atoms with Crippen LogP contribution in [0.5, 0.6) is 0 Å². The summed E-state index contributed by atoms with van der Waals surface area (Å²) in [5, 5.41) is 0.918. The van der Waals surface area contributed by atoms with Gasteiger partial charge < -0.3 is 4.74 Å². The molecule has 0 atom stereocenters. The van der Waals surface area contributed by atoms with Crippen molar-refractivity contribution < 1.29 is 19.1 Å². The predicted molar refractivity (Wildman–Crippen MR) is 78.6 cm³/mol. The number of nitrogens with zero attached hydrogens (tertiary/aromatic N) is 1. The standard InChI is InChI=1S/C15H15N3O4/c1-22-14(20)9-8-13(19)17-18-15(21)12-7-6-10-4-2-3-5-11(10)16-12/h2-7H,8-9H2,1H3,(H,17,19)(H,18,21). The third-order valence-corrected chi connectivity index (χ3v) is 2.93. The molecule has 1 aromatic carbocycles. The Hall–Kier alpha value is -2.96. The molecular weight excluding hydrogens is 286 g/mol. The van der Waals surface area contributed by atoms with Crippen molar-refractivity contribution in [2.45, 2.75) is 12.8 Å². The maximum atomic E-state index is 11.9. The fourth-order valence-corrected chi connectivity index (χ4v) is 1.76. The Morgan fingerprint density at radius 1 is 1.05 bits per heavy atom. The van der Waals surface area contributed by atoms with Crippen LogP contribution in [0.2, 0.25) is 0 Å². The molecule has 2 N–H and O–H groups in total. The van der Waals surface area contributed by atoms with Crippen LogP contribution in [-0.2, 0) is 14.3 Å². The summed E-state index contributed by atoms with van der Waals surface area (Å²) in [4.78, 5) is 38.5. The molecule has 0 bridgehead atoms. The number of esters is 1. The molecule has 2 aromatic rings. The molecule has 0 aliphatic rings. The topological polar surface area (TPSA) is 97.4 Å². The van der Waals surface area contributed by atoms with Crippen molar-refractivity contribution in [3.8, 4) is 0 Å². The van der Waals surface area contributed by atoms with E-state index in [2.05, 4.69) is 20.6 Å². The molecule has 0 aliphatic heterocycles. The van der Waals surface area contributed by atoms with Crippen LogP contribution in [0.15, 0.2) is 36.4 Å². The maximum absolute atomic E-state index is 11.9. The van der Waals surface area contributed by atoms with E-state index in [0.29, 0.717) is 5.52 Å². The van der Waals surface area contributed by atoms with Crippen LogP contribution in [0, 0.1) is 0 Å². The highest BCUT2D eigenvalue weighted by molar-refractivity contribution is 5.96. The summed E-state index contributed by atoms with van der Waals surface area (Å²) in [5.74, 6) is -1.51. The highest BCUT2D eigenvalue weighted by atomic mass is 16.5. The molecule has 0 unspecified atom stereocenters. The molecule has 1 heterocycles. The highest BCUT2D eigenvalue weighted by Crippen LogP contribution is 2.11. The van der Waals surface area contributed by atoms with Crippen molar-refractivity contribution in [2.75, 3.05) is 7.11 Å². The van der Waals surface area contributed by atoms with Crippen molar-refractivity contribution in [1.82, 2.24) is 15.8 Å². The van der Waals surface area contributed by atoms with Gasteiger partial charge in [0.25, 0.3) is 5.91 Å². The molecule has 0 spiro atoms. The van der Waals surface area contributed by atoms with Gasteiger partial charge in [0.05, 0.1) is 19.0 Å². The quantitative estimate of drug-likeness (QED) is 0.647. The fraction of sp³-hybridized carbons (Fsp3) is 0.200. The fourth-order valence-electron chi connectivity index (χ4n) is 1.76. The van der Waals surface area contributed by atoms with Gasteiger partial charge >= 0.3 is 5.97 Å². The minimum atomic E-state index is -0.530. The average molecular weight is 301 g/mol. The van der Waals surface area contributed by atoms with Crippen molar-refractivity contribution >= 4 is 28.7 Å². The Kier molecular flexibility index (Phi) is 5.02. The number of carbonyl (C=O) groups excluding carboxylic acids is 3. The number of rotatable bonds is 4. The average Bonchev–Trinajstić information content (AvgIpc) is 2.56. The molecule has 2 rings (SSSR count). The molecule has 0 aliphatic carbocycles. The van der Waals surface area contributed by atoms with Crippen LogP contribution in [0.3, 0.4) is 0 Å². The summed E-state index contributed by atoms with van der Waals surface area (Å²) in [7, 11) is 1.24. The first-order chi connectivity index (χ1) is 10.6. The van der Waals surface area contributed by atoms with Gasteiger partial charge in [0, 0.05) is 11.8 Å². The van der Waals surface area contributed by atoms with Crippen molar-refractivity contribution in [1.29, 1.82) is 0 Å². The summed E-state index contributed by atoms with van der Waals surface area (Å²) in [5.41, 5.74) is 5.35. The number of benzene rings is 1. The first kappa shape index (κ1) is 15.4. The van der Waals surface area contributed by atoms with Crippen LogP contribution < -0.4 is 10.9 Å². The van der Waals surface area contributed by atoms with Crippen LogP contribution in [0.4, 0.5) is 0 Å². The Morgan fingerprint density at radius 3 is 2.59 bits per heavy atom. The lowest BCUT2D eigenvalue weighted by molar-refractivity contribution is -0.142. The first-order valence-corrected chi connectivity index (χ1v) is 6.62. The van der Waals surface area contributed by atoms with Gasteiger partial charge in [-0.05, 0) is 12.1 Å². The summed E-state index contributed by atoms with van der Waals surface area (Å²) >= 11 is 0. The van der Waals surface area contributed by atoms with Gasteiger partial charge in [-0.25, -0.2) is 4.98 Å². The van der Waals surface area contributed by atoms with E-state index in [1.54, 1.807) is 18.2 Å². The van der Waals surface area contributed by atoms with E-state index in [4.69, 9.17) is 0 Å². The van der Waals surface area contributed by atoms with Crippen LogP contribution >= 0.6 is 0 Å². The number of hydrazine groups is 1. The van der Waals surface area contributed by atoms with Crippen LogP contribution in [0.25, 0.3) is 10.9 Å². The van der Waals surface area contributed by atoms with Crippen molar-refractivity contribution in [2.24, 2.45) is 0 Å². The summed E-state index contributed by atoms with van der Waals surface area (Å²) in [6, 6.07) is 10.7. The van der Waals surface area contributed by atoms with Gasteiger partial charge in [-0.3, -0.25) is 25.2 Å². The van der Waals surface area contributed by atoms with E-state index in [0.717, 1.165) is 5.39 Å². The molecule has 0 saturated carbocycles. The van der Waals surface area contributed by atoms with Gasteiger partial charge in [-0.1, -0.05) is 24.3 Å². The van der Waals surface area contributed by atoms with Gasteiger partial charge in [-0.2, -0.15) is 0 Å². The summed E-state index contributed by atoms with van der Waals surface area (Å²) in [6.45, 7) is 0. The highest BCUT2D eigenvalue weighted by Gasteiger charge is 2.10. The Balaban J connectivity index is 1.91. The number of ether oxygens (including phenoxy) is 1. The number of aromatic nitrogens is 1. The number of para-hydroxylation sites is 1. The molecule has 7 heteroatoms. The maximum Gasteiger partial charge on any atom is 0.306 e. The van der Waals surface area contributed by atoms with E-state index in [-0.39, 0.29) is 18.5 Å². The molecule has 0 saturated heterocycles. The van der Waals surface area contributed by atoms with Crippen LogP contribution in [0.1, 0.15) is 23.3 Å². The second-order valence-electron chi connectivity index (χ2n) is 4.47. The minimum absolute atomic E-state index is 0.0492. The number of methoxy groups -OCH3 is 1. The summed E-state index contributed by atoms with van der Waals surface area (Å²) in [6.07, 6.45) is -0.121. The zero-order valence-corrected chi connectivity index (χ0v) is 12.0. The number of fused-ring (bicyclic) bond motifs is 1. The van der Waals surface area contributed by atoms with Gasteiger partial charge in [0.2, 0.25) is 5.91 Å². The lowest BCUT2D eigenvalue weighted by atomic mass is 10.2. The minimum Gasteiger partial charge on any atom is -0.469 e. The number of amides is 2. The Morgan fingerprint density at radius 2 is 1.82 bits per heavy atom. The number of nitrogens with one attached hydrogen (secondary N) is 2. The SMILES string of the molecule is COC(=O)CCC(=O)NNC(=O)c1ccc2ccccc2n1. The van der Waals surface area contributed by atoms with E-state index in [1.165, 1.54) is 7.11 Å². The number of hydrogen-bond donors (Lipinski definition) is 2. The Labute approximate surface area is 126 Å². The molecule has 0 fully saturated rings. The second-order valence-corrected chi connectivity index (χ2v) is 4.47. The third-order valence-electron chi connectivity index (χ3n) is 2.93. The van der Waals surface area contributed by atoms with Crippen molar-refractivity contribution in [3.63, 3.8) is 0 Å². The predicted octanol–water partition coefficient (Wildman–Crippen LogP) is 0.949. The van der Waals surface area contributed by atoms with E-state index in [1.807, 2.05) is 18.2 Å². The smallest absolute Gasteiger partial charge is 0.306 e. The number of hydrogen-bond acceptors (Lipinski definition) is 5. The zero-order valence-electron chi connectivity index (χ0n) is 12.0. The Bertz CT molecular complexity index is 715. The monoisotopic (exact) mass is 301 g/mol. The largest absolute Gasteiger partial charge is 0.469 e. The molecule has 7 nitrogen and oxygen atoms in total. The van der Waals surface area contributed by atoms with E-state index in [9.17, 15) is 14.4 Å². The molecule has 2 amide bonds. The summed E-state index contributed by atoms with van der Waals surface area (Å²) < 4.78 is 4.42. The van der Waals surface area contributed by atoms with Crippen LogP contribution in [-0.4, -0.2) is 29.9 Å². The normalized spacial score (nSPS) is 10.0. The van der Waals surface area contributed by atoms with Crippen molar-refractivity contribution in [3.05, 3.63) is 42.1 Å². The third kappa shape index (κ3) is 4.02. The molecular formula is C15H15N3O4. The molecule has 0 radical (unpaired) electrons. The number of pyridine rings is 1. The second kappa shape index (κ2) is 7.16. The zero-order chi connectivity index (χ0) is 15.9.